The topological polar surface area (TPSA) is 54.6 Å². The summed E-state index contributed by atoms with van der Waals surface area (Å²) in [4.78, 5) is 18.4. The van der Waals surface area contributed by atoms with Crippen molar-refractivity contribution in [2.24, 2.45) is 0 Å². The fourth-order valence-corrected chi connectivity index (χ4v) is 4.23. The van der Waals surface area contributed by atoms with E-state index in [9.17, 15) is 4.79 Å². The number of hydrogen-bond acceptors (Lipinski definition) is 3. The molecule has 2 aromatic carbocycles. The van der Waals surface area contributed by atoms with Crippen LogP contribution in [-0.2, 0) is 4.79 Å². The van der Waals surface area contributed by atoms with Crippen LogP contribution in [-0.4, -0.2) is 43.1 Å². The van der Waals surface area contributed by atoms with E-state index >= 15 is 0 Å². The summed E-state index contributed by atoms with van der Waals surface area (Å²) in [5.74, 6) is 1.44. The van der Waals surface area contributed by atoms with Crippen LogP contribution in [0.15, 0.2) is 48.7 Å². The number of amides is 1. The Labute approximate surface area is 165 Å². The summed E-state index contributed by atoms with van der Waals surface area (Å²) in [6.07, 6.45) is 4.61. The van der Waals surface area contributed by atoms with E-state index in [-0.39, 0.29) is 11.8 Å². The van der Waals surface area contributed by atoms with E-state index in [0.29, 0.717) is 17.9 Å². The fourth-order valence-electron chi connectivity index (χ4n) is 4.23. The van der Waals surface area contributed by atoms with Gasteiger partial charge in [0.1, 0.15) is 0 Å². The Morgan fingerprint density at radius 2 is 1.82 bits per heavy atom. The Hall–Kier alpha value is -2.95. The van der Waals surface area contributed by atoms with Crippen molar-refractivity contribution in [2.45, 2.75) is 25.2 Å². The Bertz CT molecular complexity index is 973. The van der Waals surface area contributed by atoms with E-state index in [1.54, 1.807) is 14.2 Å². The van der Waals surface area contributed by atoms with Crippen LogP contribution < -0.4 is 9.47 Å². The molecular formula is C23H26N2O3. The number of aromatic amines is 1. The molecule has 1 N–H and O–H groups in total. The van der Waals surface area contributed by atoms with Gasteiger partial charge >= 0.3 is 0 Å². The quantitative estimate of drug-likeness (QED) is 0.695. The van der Waals surface area contributed by atoms with Gasteiger partial charge in [0.25, 0.3) is 0 Å². The van der Waals surface area contributed by atoms with Crippen LogP contribution in [0.2, 0.25) is 0 Å². The van der Waals surface area contributed by atoms with Gasteiger partial charge in [0.15, 0.2) is 11.5 Å². The summed E-state index contributed by atoms with van der Waals surface area (Å²) in [6, 6.07) is 14.1. The molecular weight excluding hydrogens is 352 g/mol. The molecule has 4 rings (SSSR count). The molecule has 146 valence electrons. The van der Waals surface area contributed by atoms with Crippen LogP contribution in [0, 0.1) is 0 Å². The maximum atomic E-state index is 13.1. The second-order valence-electron chi connectivity index (χ2n) is 7.22. The number of methoxy groups -OCH3 is 2. The Balaban J connectivity index is 1.81. The average molecular weight is 378 g/mol. The number of ether oxygens (including phenoxy) is 2. The minimum Gasteiger partial charge on any atom is -0.493 e. The summed E-state index contributed by atoms with van der Waals surface area (Å²) in [5.41, 5.74) is 3.15. The molecule has 1 aliphatic rings. The van der Waals surface area contributed by atoms with Crippen LogP contribution in [0.5, 0.6) is 11.5 Å². The van der Waals surface area contributed by atoms with Crippen molar-refractivity contribution in [1.29, 1.82) is 0 Å². The number of carbonyl (C=O) groups is 1. The van der Waals surface area contributed by atoms with Gasteiger partial charge in [0.2, 0.25) is 5.91 Å². The number of nitrogens with zero attached hydrogens (tertiary/aromatic N) is 1. The van der Waals surface area contributed by atoms with E-state index in [0.717, 1.165) is 48.0 Å². The van der Waals surface area contributed by atoms with Gasteiger partial charge < -0.3 is 19.4 Å². The van der Waals surface area contributed by atoms with Crippen molar-refractivity contribution in [3.8, 4) is 11.5 Å². The lowest BCUT2D eigenvalue weighted by atomic mass is 9.87. The number of rotatable bonds is 6. The van der Waals surface area contributed by atoms with E-state index in [1.807, 2.05) is 41.4 Å². The number of nitrogens with one attached hydrogen (secondary N) is 1. The SMILES string of the molecule is COc1cccc(C(CC(=O)N2CCCC2)c2c[nH]c3ccccc23)c1OC. The standard InChI is InChI=1S/C23H26N2O3/c1-27-21-11-7-9-17(23(21)28-2)18(14-22(26)25-12-5-6-13-25)19-15-24-20-10-4-3-8-16(19)20/h3-4,7-11,15,18,24H,5-6,12-14H2,1-2H3. The third-order valence-corrected chi connectivity index (χ3v) is 5.64. The molecule has 1 aliphatic heterocycles. The number of benzene rings is 2. The molecule has 0 bridgehead atoms. The van der Waals surface area contributed by atoms with Gasteiger partial charge in [-0.3, -0.25) is 4.79 Å². The molecule has 5 heteroatoms. The van der Waals surface area contributed by atoms with Crippen LogP contribution in [0.1, 0.15) is 36.3 Å². The Kier molecular flexibility index (Phi) is 5.24. The largest absolute Gasteiger partial charge is 0.493 e. The smallest absolute Gasteiger partial charge is 0.223 e. The van der Waals surface area contributed by atoms with Crippen molar-refractivity contribution in [2.75, 3.05) is 27.3 Å². The summed E-state index contributed by atoms with van der Waals surface area (Å²) in [7, 11) is 3.29. The molecule has 3 aromatic rings. The first-order valence-corrected chi connectivity index (χ1v) is 9.77. The first-order chi connectivity index (χ1) is 13.7. The van der Waals surface area contributed by atoms with Gasteiger partial charge in [-0.2, -0.15) is 0 Å². The van der Waals surface area contributed by atoms with E-state index in [1.165, 1.54) is 0 Å². The fraction of sp³-hybridized carbons (Fsp3) is 0.348. The van der Waals surface area contributed by atoms with Crippen molar-refractivity contribution in [1.82, 2.24) is 9.88 Å². The number of carbonyl (C=O) groups excluding carboxylic acids is 1. The predicted molar refractivity (Wildman–Crippen MR) is 110 cm³/mol. The molecule has 0 saturated carbocycles. The molecule has 1 fully saturated rings. The molecule has 28 heavy (non-hydrogen) atoms. The number of aromatic nitrogens is 1. The third kappa shape index (κ3) is 3.33. The highest BCUT2D eigenvalue weighted by Gasteiger charge is 2.28. The second-order valence-corrected chi connectivity index (χ2v) is 7.22. The number of hydrogen-bond donors (Lipinski definition) is 1. The number of likely N-dealkylation sites (tertiary alicyclic amines) is 1. The molecule has 1 saturated heterocycles. The maximum Gasteiger partial charge on any atom is 0.223 e. The molecule has 0 spiro atoms. The summed E-state index contributed by atoms with van der Waals surface area (Å²) in [5, 5.41) is 1.13. The van der Waals surface area contributed by atoms with Crippen molar-refractivity contribution in [3.05, 3.63) is 59.8 Å². The zero-order chi connectivity index (χ0) is 19.5. The third-order valence-electron chi connectivity index (χ3n) is 5.64. The number of H-pyrrole nitrogens is 1. The lowest BCUT2D eigenvalue weighted by Crippen LogP contribution is -2.29. The van der Waals surface area contributed by atoms with E-state index in [4.69, 9.17) is 9.47 Å². The number of para-hydroxylation sites is 2. The van der Waals surface area contributed by atoms with Crippen LogP contribution in [0.3, 0.4) is 0 Å². The first-order valence-electron chi connectivity index (χ1n) is 9.77. The summed E-state index contributed by atoms with van der Waals surface area (Å²) < 4.78 is 11.2. The van der Waals surface area contributed by atoms with Crippen molar-refractivity contribution >= 4 is 16.8 Å². The highest BCUT2D eigenvalue weighted by molar-refractivity contribution is 5.86. The second kappa shape index (κ2) is 7.97. The van der Waals surface area contributed by atoms with Crippen molar-refractivity contribution in [3.63, 3.8) is 0 Å². The van der Waals surface area contributed by atoms with Crippen LogP contribution >= 0.6 is 0 Å². The summed E-state index contributed by atoms with van der Waals surface area (Å²) >= 11 is 0. The zero-order valence-corrected chi connectivity index (χ0v) is 16.4. The monoisotopic (exact) mass is 378 g/mol. The van der Waals surface area contributed by atoms with Gasteiger partial charge in [-0.15, -0.1) is 0 Å². The minimum absolute atomic E-state index is 0.116. The van der Waals surface area contributed by atoms with Gasteiger partial charge in [0, 0.05) is 48.1 Å². The van der Waals surface area contributed by atoms with Crippen molar-refractivity contribution < 1.29 is 14.3 Å². The molecule has 0 radical (unpaired) electrons. The zero-order valence-electron chi connectivity index (χ0n) is 16.4. The van der Waals surface area contributed by atoms with Gasteiger partial charge in [-0.05, 0) is 30.5 Å². The summed E-state index contributed by atoms with van der Waals surface area (Å²) in [6.45, 7) is 1.71. The minimum atomic E-state index is -0.116. The van der Waals surface area contributed by atoms with Gasteiger partial charge in [-0.25, -0.2) is 0 Å². The van der Waals surface area contributed by atoms with E-state index < -0.39 is 0 Å². The highest BCUT2D eigenvalue weighted by atomic mass is 16.5. The lowest BCUT2D eigenvalue weighted by molar-refractivity contribution is -0.130. The normalized spacial score (nSPS) is 15.0. The Morgan fingerprint density at radius 1 is 1.04 bits per heavy atom. The predicted octanol–water partition coefficient (Wildman–Crippen LogP) is 4.33. The van der Waals surface area contributed by atoms with E-state index in [2.05, 4.69) is 17.1 Å². The van der Waals surface area contributed by atoms with Crippen LogP contribution in [0.4, 0.5) is 0 Å². The molecule has 1 aromatic heterocycles. The molecule has 1 unspecified atom stereocenters. The van der Waals surface area contributed by atoms with Crippen LogP contribution in [0.25, 0.3) is 10.9 Å². The van der Waals surface area contributed by atoms with Gasteiger partial charge in [-0.1, -0.05) is 30.3 Å². The number of fused-ring (bicyclic) bond motifs is 1. The average Bonchev–Trinajstić information content (AvgIpc) is 3.41. The lowest BCUT2D eigenvalue weighted by Gasteiger charge is -2.23. The highest BCUT2D eigenvalue weighted by Crippen LogP contribution is 2.42. The molecule has 2 heterocycles. The molecule has 1 amide bonds. The Morgan fingerprint density at radius 3 is 2.57 bits per heavy atom. The first kappa shape index (κ1) is 18.4. The molecule has 0 aliphatic carbocycles. The van der Waals surface area contributed by atoms with Gasteiger partial charge in [0.05, 0.1) is 14.2 Å². The molecule has 5 nitrogen and oxygen atoms in total. The molecule has 1 atom stereocenters. The maximum absolute atomic E-state index is 13.1.